The molecule has 0 aliphatic heterocycles. The fourth-order valence-corrected chi connectivity index (χ4v) is 3.73. The third-order valence-corrected chi connectivity index (χ3v) is 5.05. The van der Waals surface area contributed by atoms with Crippen LogP contribution in [0.15, 0.2) is 11.0 Å². The summed E-state index contributed by atoms with van der Waals surface area (Å²) in [4.78, 5) is 2.12. The number of nitrogens with zero attached hydrogens (tertiary/aromatic N) is 1. The molecule has 21 heavy (non-hydrogen) atoms. The van der Waals surface area contributed by atoms with Crippen LogP contribution in [0.5, 0.6) is 0 Å². The molecule has 0 atom stereocenters. The summed E-state index contributed by atoms with van der Waals surface area (Å²) < 4.78 is 40.7. The summed E-state index contributed by atoms with van der Waals surface area (Å²) in [5.74, 6) is -0.588. The van der Waals surface area contributed by atoms with Gasteiger partial charge in [0.05, 0.1) is 10.6 Å². The second kappa shape index (κ2) is 7.20. The molecule has 0 spiro atoms. The SMILES string of the molecule is Cc1cc(F)c(N)c(C)c1S(=O)(=O)NCCCCN(C)C. The molecule has 0 saturated heterocycles. The third kappa shape index (κ3) is 4.66. The maximum Gasteiger partial charge on any atom is 0.241 e. The number of anilines is 1. The van der Waals surface area contributed by atoms with Crippen molar-refractivity contribution in [2.75, 3.05) is 32.9 Å². The molecule has 1 rings (SSSR count). The van der Waals surface area contributed by atoms with Crippen molar-refractivity contribution in [1.82, 2.24) is 9.62 Å². The van der Waals surface area contributed by atoms with Gasteiger partial charge in [0.2, 0.25) is 10.0 Å². The number of halogens is 1. The van der Waals surface area contributed by atoms with Gasteiger partial charge in [-0.1, -0.05) is 0 Å². The number of unbranched alkanes of at least 4 members (excludes halogenated alkanes) is 1. The summed E-state index contributed by atoms with van der Waals surface area (Å²) in [6, 6.07) is 1.16. The molecule has 0 heterocycles. The molecule has 7 heteroatoms. The molecule has 0 amide bonds. The molecule has 1 aromatic carbocycles. The average Bonchev–Trinajstić information content (AvgIpc) is 2.34. The van der Waals surface area contributed by atoms with Gasteiger partial charge >= 0.3 is 0 Å². The van der Waals surface area contributed by atoms with Gasteiger partial charge in [-0.2, -0.15) is 0 Å². The Morgan fingerprint density at radius 3 is 2.48 bits per heavy atom. The van der Waals surface area contributed by atoms with Crippen LogP contribution in [0, 0.1) is 19.7 Å². The Labute approximate surface area is 126 Å². The van der Waals surface area contributed by atoms with Crippen LogP contribution in [0.25, 0.3) is 0 Å². The first-order valence-corrected chi connectivity index (χ1v) is 8.34. The molecule has 0 unspecified atom stereocenters. The van der Waals surface area contributed by atoms with Crippen molar-refractivity contribution in [2.45, 2.75) is 31.6 Å². The number of hydrogen-bond acceptors (Lipinski definition) is 4. The highest BCUT2D eigenvalue weighted by molar-refractivity contribution is 7.89. The van der Waals surface area contributed by atoms with E-state index in [0.717, 1.165) is 25.5 Å². The number of hydrogen-bond donors (Lipinski definition) is 2. The van der Waals surface area contributed by atoms with Gasteiger partial charge in [-0.15, -0.1) is 0 Å². The summed E-state index contributed by atoms with van der Waals surface area (Å²) in [5.41, 5.74) is 6.09. The second-order valence-corrected chi connectivity index (χ2v) is 7.16. The highest BCUT2D eigenvalue weighted by Gasteiger charge is 2.22. The summed E-state index contributed by atoms with van der Waals surface area (Å²) in [5, 5.41) is 0. The number of benzene rings is 1. The first kappa shape index (κ1) is 17.9. The number of nitrogens with two attached hydrogens (primary N) is 1. The lowest BCUT2D eigenvalue weighted by molar-refractivity contribution is 0.394. The van der Waals surface area contributed by atoms with Crippen LogP contribution in [0.4, 0.5) is 10.1 Å². The van der Waals surface area contributed by atoms with E-state index in [1.54, 1.807) is 6.92 Å². The van der Waals surface area contributed by atoms with E-state index < -0.39 is 15.8 Å². The summed E-state index contributed by atoms with van der Waals surface area (Å²) in [6.07, 6.45) is 1.64. The molecule has 0 aliphatic rings. The van der Waals surface area contributed by atoms with Gasteiger partial charge in [0.15, 0.2) is 0 Å². The third-order valence-electron chi connectivity index (χ3n) is 3.30. The van der Waals surface area contributed by atoms with Gasteiger partial charge < -0.3 is 10.6 Å². The van der Waals surface area contributed by atoms with Crippen molar-refractivity contribution >= 4 is 15.7 Å². The predicted molar refractivity (Wildman–Crippen MR) is 83.3 cm³/mol. The molecule has 1 aromatic rings. The highest BCUT2D eigenvalue weighted by atomic mass is 32.2. The Bertz CT molecular complexity index is 601. The maximum absolute atomic E-state index is 13.5. The molecular formula is C14H24FN3O2S. The first-order valence-electron chi connectivity index (χ1n) is 6.86. The van der Waals surface area contributed by atoms with Gasteiger partial charge in [-0.05, 0) is 64.5 Å². The lowest BCUT2D eigenvalue weighted by Crippen LogP contribution is -2.27. The van der Waals surface area contributed by atoms with Gasteiger partial charge in [0.1, 0.15) is 5.82 Å². The molecule has 0 fully saturated rings. The zero-order valence-electron chi connectivity index (χ0n) is 13.0. The zero-order chi connectivity index (χ0) is 16.2. The molecule has 0 aromatic heterocycles. The van der Waals surface area contributed by atoms with Crippen LogP contribution in [-0.4, -0.2) is 40.5 Å². The van der Waals surface area contributed by atoms with Crippen molar-refractivity contribution in [3.05, 3.63) is 23.0 Å². The van der Waals surface area contributed by atoms with E-state index in [-0.39, 0.29) is 16.1 Å². The number of nitrogen functional groups attached to an aromatic ring is 1. The average molecular weight is 317 g/mol. The van der Waals surface area contributed by atoms with Crippen LogP contribution < -0.4 is 10.5 Å². The lowest BCUT2D eigenvalue weighted by atomic mass is 10.1. The maximum atomic E-state index is 13.5. The Balaban J connectivity index is 2.82. The minimum absolute atomic E-state index is 0.0778. The molecule has 0 bridgehead atoms. The van der Waals surface area contributed by atoms with E-state index in [9.17, 15) is 12.8 Å². The smallest absolute Gasteiger partial charge is 0.241 e. The molecule has 0 radical (unpaired) electrons. The number of aryl methyl sites for hydroxylation is 1. The fraction of sp³-hybridized carbons (Fsp3) is 0.571. The largest absolute Gasteiger partial charge is 0.396 e. The van der Waals surface area contributed by atoms with Crippen molar-refractivity contribution in [3.8, 4) is 0 Å². The molecular weight excluding hydrogens is 293 g/mol. The number of rotatable bonds is 7. The predicted octanol–water partition coefficient (Wildman–Crippen LogP) is 1.64. The van der Waals surface area contributed by atoms with Crippen LogP contribution in [0.1, 0.15) is 24.0 Å². The standard InChI is InChI=1S/C14H24FN3O2S/c1-10-9-12(15)13(16)11(2)14(10)21(19,20)17-7-5-6-8-18(3)4/h9,17H,5-8,16H2,1-4H3. The first-order chi connectivity index (χ1) is 9.66. The van der Waals surface area contributed by atoms with Crippen LogP contribution in [-0.2, 0) is 10.0 Å². The van der Waals surface area contributed by atoms with Crippen LogP contribution in [0.3, 0.4) is 0 Å². The highest BCUT2D eigenvalue weighted by Crippen LogP contribution is 2.27. The topological polar surface area (TPSA) is 75.4 Å². The Hall–Kier alpha value is -1.18. The van der Waals surface area contributed by atoms with Crippen molar-refractivity contribution in [3.63, 3.8) is 0 Å². The normalized spacial score (nSPS) is 12.1. The fourth-order valence-electron chi connectivity index (χ4n) is 2.18. The monoisotopic (exact) mass is 317 g/mol. The van der Waals surface area contributed by atoms with E-state index in [4.69, 9.17) is 5.73 Å². The van der Waals surface area contributed by atoms with Crippen molar-refractivity contribution in [2.24, 2.45) is 0 Å². The molecule has 5 nitrogen and oxygen atoms in total. The molecule has 0 aliphatic carbocycles. The van der Waals surface area contributed by atoms with Gasteiger partial charge in [0.25, 0.3) is 0 Å². The lowest BCUT2D eigenvalue weighted by Gasteiger charge is -2.15. The minimum Gasteiger partial charge on any atom is -0.396 e. The van der Waals surface area contributed by atoms with E-state index in [1.165, 1.54) is 6.92 Å². The zero-order valence-corrected chi connectivity index (χ0v) is 13.8. The van der Waals surface area contributed by atoms with Gasteiger partial charge in [0, 0.05) is 6.54 Å². The summed E-state index contributed by atoms with van der Waals surface area (Å²) in [6.45, 7) is 4.34. The van der Waals surface area contributed by atoms with Crippen molar-refractivity contribution < 1.29 is 12.8 Å². The van der Waals surface area contributed by atoms with Crippen molar-refractivity contribution in [1.29, 1.82) is 0 Å². The minimum atomic E-state index is -3.67. The Morgan fingerprint density at radius 2 is 1.90 bits per heavy atom. The number of nitrogens with one attached hydrogen (secondary N) is 1. The van der Waals surface area contributed by atoms with E-state index >= 15 is 0 Å². The Kier molecular flexibility index (Phi) is 6.12. The summed E-state index contributed by atoms with van der Waals surface area (Å²) in [7, 11) is 0.269. The quantitative estimate of drug-likeness (QED) is 0.592. The number of sulfonamides is 1. The van der Waals surface area contributed by atoms with Gasteiger partial charge in [-0.3, -0.25) is 0 Å². The van der Waals surface area contributed by atoms with E-state index in [0.29, 0.717) is 12.1 Å². The Morgan fingerprint density at radius 1 is 1.29 bits per heavy atom. The second-order valence-electron chi connectivity index (χ2n) is 5.45. The van der Waals surface area contributed by atoms with Crippen LogP contribution >= 0.6 is 0 Å². The van der Waals surface area contributed by atoms with E-state index in [2.05, 4.69) is 4.72 Å². The van der Waals surface area contributed by atoms with Gasteiger partial charge in [-0.25, -0.2) is 17.5 Å². The molecule has 120 valence electrons. The van der Waals surface area contributed by atoms with Crippen LogP contribution in [0.2, 0.25) is 0 Å². The molecule has 0 saturated carbocycles. The summed E-state index contributed by atoms with van der Waals surface area (Å²) >= 11 is 0. The van der Waals surface area contributed by atoms with E-state index in [1.807, 2.05) is 19.0 Å². The molecule has 3 N–H and O–H groups in total.